The van der Waals surface area contributed by atoms with Crippen LogP contribution in [0.3, 0.4) is 0 Å². The molecule has 0 unspecified atom stereocenters. The largest absolute Gasteiger partial charge is 0.492 e. The minimum Gasteiger partial charge on any atom is -0.492 e. The molecule has 0 N–H and O–H groups in total. The number of para-hydroxylation sites is 1. The van der Waals surface area contributed by atoms with E-state index in [0.717, 1.165) is 25.0 Å². The van der Waals surface area contributed by atoms with Gasteiger partial charge in [-0.25, -0.2) is 18.2 Å². The van der Waals surface area contributed by atoms with E-state index in [1.807, 2.05) is 6.92 Å². The van der Waals surface area contributed by atoms with E-state index in [2.05, 4.69) is 10.1 Å². The molecule has 1 aromatic carbocycles. The van der Waals surface area contributed by atoms with Gasteiger partial charge in [-0.1, -0.05) is 25.5 Å². The number of methoxy groups -OCH3 is 1. The Bertz CT molecular complexity index is 807. The van der Waals surface area contributed by atoms with E-state index >= 15 is 0 Å². The van der Waals surface area contributed by atoms with Gasteiger partial charge in [0.2, 0.25) is 9.84 Å². The number of azide groups is 1. The molecule has 10 heteroatoms. The lowest BCUT2D eigenvalue weighted by Crippen LogP contribution is -2.54. The maximum Gasteiger partial charge on any atom is 0.371 e. The summed E-state index contributed by atoms with van der Waals surface area (Å²) in [6.07, 6.45) is 1.99. The van der Waals surface area contributed by atoms with Crippen LogP contribution in [0.1, 0.15) is 32.6 Å². The zero-order chi connectivity index (χ0) is 19.2. The van der Waals surface area contributed by atoms with Gasteiger partial charge < -0.3 is 9.47 Å². The number of rotatable bonds is 8. The lowest BCUT2D eigenvalue weighted by Gasteiger charge is -2.29. The summed E-state index contributed by atoms with van der Waals surface area (Å²) >= 11 is 0. The molecule has 0 saturated carbocycles. The predicted octanol–water partition coefficient (Wildman–Crippen LogP) is 2.83. The van der Waals surface area contributed by atoms with Gasteiger partial charge in [-0.15, -0.1) is 5.53 Å². The highest BCUT2D eigenvalue weighted by atomic mass is 32.2. The zero-order valence-electron chi connectivity index (χ0n) is 14.8. The quantitative estimate of drug-likeness (QED) is 0.224. The molecule has 1 saturated heterocycles. The Morgan fingerprint density at radius 1 is 1.42 bits per heavy atom. The SMILES string of the molecule is CCCCOc1ccccc1S(=O)(=O)[C@@]1(C(=O)OC)CCCN1N=[N+]=[N-]. The maximum atomic E-state index is 13.5. The standard InChI is InChI=1S/C16H22N4O5S/c1-3-4-12-25-13-8-5-6-9-14(13)26(22,23)16(15(21)24-2)10-7-11-20(16)19-18-17/h5-6,8-9H,3-4,7,10-12H2,1-2H3/t16-/m1/s1. The van der Waals surface area contributed by atoms with E-state index < -0.39 is 20.7 Å². The highest BCUT2D eigenvalue weighted by Crippen LogP contribution is 2.42. The first-order valence-corrected chi connectivity index (χ1v) is 9.81. The fourth-order valence-corrected chi connectivity index (χ4v) is 5.13. The molecule has 9 nitrogen and oxygen atoms in total. The van der Waals surface area contributed by atoms with Crippen molar-refractivity contribution in [3.05, 3.63) is 34.7 Å². The van der Waals surface area contributed by atoms with E-state index in [4.69, 9.17) is 15.0 Å². The third-order valence-electron chi connectivity index (χ3n) is 4.29. The minimum atomic E-state index is -4.29. The number of esters is 1. The highest BCUT2D eigenvalue weighted by Gasteiger charge is 2.63. The van der Waals surface area contributed by atoms with Gasteiger partial charge in [0.25, 0.3) is 0 Å². The summed E-state index contributed by atoms with van der Waals surface area (Å²) in [5.41, 5.74) is 8.79. The third-order valence-corrected chi connectivity index (χ3v) is 6.68. The Hall–Kier alpha value is -2.45. The van der Waals surface area contributed by atoms with Crippen LogP contribution in [0.5, 0.6) is 5.75 Å². The molecule has 1 heterocycles. The smallest absolute Gasteiger partial charge is 0.371 e. The maximum absolute atomic E-state index is 13.5. The topological polar surface area (TPSA) is 122 Å². The first-order chi connectivity index (χ1) is 12.5. The number of carbonyl (C=O) groups is 1. The van der Waals surface area contributed by atoms with E-state index in [1.54, 1.807) is 18.2 Å². The molecule has 1 aliphatic heterocycles. The lowest BCUT2D eigenvalue weighted by molar-refractivity contribution is -0.148. The molecule has 26 heavy (non-hydrogen) atoms. The number of carbonyl (C=O) groups excluding carboxylic acids is 1. The summed E-state index contributed by atoms with van der Waals surface area (Å²) in [6, 6.07) is 6.14. The van der Waals surface area contributed by atoms with Crippen LogP contribution in [0.4, 0.5) is 0 Å². The second kappa shape index (κ2) is 8.29. The van der Waals surface area contributed by atoms with Crippen LogP contribution in [-0.2, 0) is 19.4 Å². The van der Waals surface area contributed by atoms with E-state index in [-0.39, 0.29) is 23.6 Å². The Morgan fingerprint density at radius 2 is 2.15 bits per heavy atom. The molecule has 1 atom stereocenters. The van der Waals surface area contributed by atoms with Gasteiger partial charge in [-0.3, -0.25) is 0 Å². The number of hydrogen-bond donors (Lipinski definition) is 0. The molecule has 1 aliphatic rings. The van der Waals surface area contributed by atoms with Crippen LogP contribution in [0.15, 0.2) is 34.4 Å². The molecule has 1 fully saturated rings. The number of hydrogen-bond acceptors (Lipinski definition) is 6. The molecule has 0 bridgehead atoms. The van der Waals surface area contributed by atoms with E-state index in [1.165, 1.54) is 6.07 Å². The van der Waals surface area contributed by atoms with Gasteiger partial charge in [-0.05, 0) is 30.2 Å². The molecule has 142 valence electrons. The molecular formula is C16H22N4O5S. The monoisotopic (exact) mass is 382 g/mol. The Labute approximate surface area is 152 Å². The third kappa shape index (κ3) is 3.30. The number of benzene rings is 1. The number of unbranched alkanes of at least 4 members (excludes halogenated alkanes) is 1. The summed E-state index contributed by atoms with van der Waals surface area (Å²) in [7, 11) is -3.18. The average Bonchev–Trinajstić information content (AvgIpc) is 3.07. The summed E-state index contributed by atoms with van der Waals surface area (Å²) in [5.74, 6) is -0.817. The van der Waals surface area contributed by atoms with Crippen molar-refractivity contribution >= 4 is 15.8 Å². The van der Waals surface area contributed by atoms with Crippen LogP contribution in [0.25, 0.3) is 10.4 Å². The van der Waals surface area contributed by atoms with Gasteiger partial charge in [0.05, 0.1) is 20.3 Å². The van der Waals surface area contributed by atoms with Crippen molar-refractivity contribution in [3.8, 4) is 5.75 Å². The van der Waals surface area contributed by atoms with Crippen LogP contribution < -0.4 is 4.74 Å². The average molecular weight is 382 g/mol. The minimum absolute atomic E-state index is 0.0374. The second-order valence-corrected chi connectivity index (χ2v) is 7.96. The number of nitrogens with zero attached hydrogens (tertiary/aromatic N) is 4. The van der Waals surface area contributed by atoms with Gasteiger partial charge in [-0.2, -0.15) is 4.91 Å². The molecule has 1 aromatic rings. The van der Waals surface area contributed by atoms with Crippen molar-refractivity contribution in [1.29, 1.82) is 0 Å². The fourth-order valence-electron chi connectivity index (χ4n) is 2.99. The molecule has 0 spiro atoms. The van der Waals surface area contributed by atoms with Crippen molar-refractivity contribution in [2.45, 2.75) is 42.4 Å². The van der Waals surface area contributed by atoms with Crippen LogP contribution in [-0.4, -0.2) is 44.5 Å². The summed E-state index contributed by atoms with van der Waals surface area (Å²) in [4.78, 5) is 13.0. The summed E-state index contributed by atoms with van der Waals surface area (Å²) in [6.45, 7) is 2.49. The van der Waals surface area contributed by atoms with Crippen molar-refractivity contribution in [2.75, 3.05) is 20.3 Å². The van der Waals surface area contributed by atoms with E-state index in [0.29, 0.717) is 13.0 Å². The van der Waals surface area contributed by atoms with Gasteiger partial charge in [0.1, 0.15) is 10.6 Å². The Kier molecular flexibility index (Phi) is 6.33. The number of sulfone groups is 1. The van der Waals surface area contributed by atoms with Crippen molar-refractivity contribution < 1.29 is 22.7 Å². The van der Waals surface area contributed by atoms with Gasteiger partial charge >= 0.3 is 10.8 Å². The molecule has 0 radical (unpaired) electrons. The van der Waals surface area contributed by atoms with Crippen molar-refractivity contribution in [1.82, 2.24) is 5.01 Å². The second-order valence-electron chi connectivity index (χ2n) is 5.83. The Balaban J connectivity index is 2.59. The lowest BCUT2D eigenvalue weighted by atomic mass is 10.2. The number of ether oxygens (including phenoxy) is 2. The first-order valence-electron chi connectivity index (χ1n) is 8.33. The van der Waals surface area contributed by atoms with Crippen LogP contribution >= 0.6 is 0 Å². The normalized spacial score (nSPS) is 19.7. The van der Waals surface area contributed by atoms with E-state index in [9.17, 15) is 13.2 Å². The van der Waals surface area contributed by atoms with Crippen LogP contribution in [0.2, 0.25) is 0 Å². The molecule has 0 amide bonds. The molecular weight excluding hydrogens is 360 g/mol. The molecule has 0 aromatic heterocycles. The first kappa shape index (κ1) is 19.9. The van der Waals surface area contributed by atoms with Crippen molar-refractivity contribution in [3.63, 3.8) is 0 Å². The summed E-state index contributed by atoms with van der Waals surface area (Å²) in [5, 5.41) is 4.39. The molecule has 0 aliphatic carbocycles. The molecule has 2 rings (SSSR count). The highest BCUT2D eigenvalue weighted by molar-refractivity contribution is 7.93. The fraction of sp³-hybridized carbons (Fsp3) is 0.562. The Morgan fingerprint density at radius 3 is 2.81 bits per heavy atom. The zero-order valence-corrected chi connectivity index (χ0v) is 15.6. The van der Waals surface area contributed by atoms with Crippen LogP contribution in [0, 0.1) is 0 Å². The summed E-state index contributed by atoms with van der Waals surface area (Å²) < 4.78 is 37.4. The van der Waals surface area contributed by atoms with Gasteiger partial charge in [0.15, 0.2) is 0 Å². The van der Waals surface area contributed by atoms with Gasteiger partial charge in [0, 0.05) is 6.42 Å². The van der Waals surface area contributed by atoms with Crippen molar-refractivity contribution in [2.24, 2.45) is 5.22 Å². The predicted molar refractivity (Wildman–Crippen MR) is 93.9 cm³/mol.